The van der Waals surface area contributed by atoms with Crippen LogP contribution >= 0.6 is 0 Å². The number of aliphatic hydroxyl groups is 1. The molecule has 0 fully saturated rings. The lowest BCUT2D eigenvalue weighted by atomic mass is 10.00. The zero-order chi connectivity index (χ0) is 18.4. The van der Waals surface area contributed by atoms with E-state index in [1.165, 1.54) is 12.1 Å². The highest BCUT2D eigenvalue weighted by Crippen LogP contribution is 2.23. The van der Waals surface area contributed by atoms with Crippen molar-refractivity contribution in [2.45, 2.75) is 25.1 Å². The van der Waals surface area contributed by atoms with Crippen LogP contribution in [0.1, 0.15) is 17.5 Å². The van der Waals surface area contributed by atoms with Gasteiger partial charge in [-0.15, -0.1) is 0 Å². The fraction of sp³-hybridized carbons (Fsp3) is 0.312. The Hall–Kier alpha value is -2.52. The maximum Gasteiger partial charge on any atom is 0.315 e. The molecule has 0 aliphatic heterocycles. The first-order chi connectivity index (χ1) is 12.0. The van der Waals surface area contributed by atoms with Gasteiger partial charge < -0.3 is 16.2 Å². The number of amides is 1. The molecule has 1 aromatic heterocycles. The predicted octanol–water partition coefficient (Wildman–Crippen LogP) is 1.36. The van der Waals surface area contributed by atoms with Gasteiger partial charge in [-0.3, -0.25) is 4.79 Å². The lowest BCUT2D eigenvalue weighted by molar-refractivity contribution is -0.133. The van der Waals surface area contributed by atoms with Gasteiger partial charge in [0.2, 0.25) is 0 Å². The van der Waals surface area contributed by atoms with Gasteiger partial charge in [0.05, 0.1) is 12.6 Å². The van der Waals surface area contributed by atoms with E-state index in [1.54, 1.807) is 29.8 Å². The van der Waals surface area contributed by atoms with Crippen LogP contribution < -0.4 is 11.1 Å². The second-order valence-corrected chi connectivity index (χ2v) is 5.23. The average Bonchev–Trinajstić information content (AvgIpc) is 2.65. The monoisotopic (exact) mass is 354 g/mol. The summed E-state index contributed by atoms with van der Waals surface area (Å²) in [6, 6.07) is 4.84. The van der Waals surface area contributed by atoms with Crippen LogP contribution in [0.5, 0.6) is 0 Å². The Morgan fingerprint density at radius 3 is 2.24 bits per heavy atom. The fourth-order valence-corrected chi connectivity index (χ4v) is 2.16. The molecule has 0 saturated carbocycles. The molecular formula is C16H17F3N4O2. The molecule has 2 atom stereocenters. The number of hydrogen-bond donors (Lipinski definition) is 3. The number of rotatable bonds is 7. The maximum absolute atomic E-state index is 13.0. The molecule has 0 saturated heterocycles. The number of benzene rings is 1. The van der Waals surface area contributed by atoms with Crippen molar-refractivity contribution in [2.75, 3.05) is 6.67 Å². The highest BCUT2D eigenvalue weighted by Gasteiger charge is 2.26. The summed E-state index contributed by atoms with van der Waals surface area (Å²) >= 11 is 0. The normalized spacial score (nSPS) is 13.5. The van der Waals surface area contributed by atoms with E-state index >= 15 is 0 Å². The van der Waals surface area contributed by atoms with Crippen LogP contribution in [0.3, 0.4) is 0 Å². The Morgan fingerprint density at radius 2 is 1.76 bits per heavy atom. The summed E-state index contributed by atoms with van der Waals surface area (Å²) in [5.41, 5.74) is 7.16. The number of nitrogens with zero attached hydrogens (tertiary/aromatic N) is 2. The average molecular weight is 354 g/mol. The topological polar surface area (TPSA) is 101 Å². The van der Waals surface area contributed by atoms with E-state index in [0.717, 1.165) is 5.56 Å². The molecule has 2 unspecified atom stereocenters. The van der Waals surface area contributed by atoms with Gasteiger partial charge in [-0.1, -0.05) is 24.3 Å². The molecule has 0 aliphatic carbocycles. The number of nitrogens with one attached hydrogen (secondary N) is 1. The molecule has 134 valence electrons. The quantitative estimate of drug-likeness (QED) is 0.697. The molecule has 6 nitrogen and oxygen atoms in total. The number of alkyl halides is 3. The molecule has 4 N–H and O–H groups in total. The number of aliphatic hydroxyl groups excluding tert-OH is 1. The molecule has 1 aromatic carbocycles. The van der Waals surface area contributed by atoms with Gasteiger partial charge in [0, 0.05) is 18.0 Å². The van der Waals surface area contributed by atoms with Crippen LogP contribution in [-0.4, -0.2) is 40.1 Å². The largest absolute Gasteiger partial charge is 0.386 e. The number of carbonyl (C=O) groups is 1. The van der Waals surface area contributed by atoms with Gasteiger partial charge >= 0.3 is 6.43 Å². The van der Waals surface area contributed by atoms with Crippen molar-refractivity contribution in [1.82, 2.24) is 15.3 Å². The number of carbonyl (C=O) groups excluding carboxylic acids is 1. The van der Waals surface area contributed by atoms with Gasteiger partial charge in [0.1, 0.15) is 18.6 Å². The van der Waals surface area contributed by atoms with E-state index in [4.69, 9.17) is 5.73 Å². The number of hydrogen-bond acceptors (Lipinski definition) is 5. The van der Waals surface area contributed by atoms with E-state index < -0.39 is 31.2 Å². The minimum atomic E-state index is -3.28. The molecule has 25 heavy (non-hydrogen) atoms. The molecule has 1 heterocycles. The Balaban J connectivity index is 2.12. The summed E-state index contributed by atoms with van der Waals surface area (Å²) < 4.78 is 37.5. The Kier molecular flexibility index (Phi) is 6.43. The summed E-state index contributed by atoms with van der Waals surface area (Å²) in [5, 5.41) is 11.9. The third kappa shape index (κ3) is 4.74. The first-order valence-electron chi connectivity index (χ1n) is 7.40. The molecule has 0 aliphatic rings. The van der Waals surface area contributed by atoms with Crippen LogP contribution in [-0.2, 0) is 11.3 Å². The van der Waals surface area contributed by atoms with Gasteiger partial charge in [0.15, 0.2) is 0 Å². The van der Waals surface area contributed by atoms with Crippen molar-refractivity contribution >= 4 is 5.91 Å². The molecule has 0 bridgehead atoms. The third-order valence-electron chi connectivity index (χ3n) is 3.55. The molecule has 9 heteroatoms. The number of aromatic nitrogens is 2. The van der Waals surface area contributed by atoms with Crippen LogP contribution in [0.25, 0.3) is 11.1 Å². The summed E-state index contributed by atoms with van der Waals surface area (Å²) in [5.74, 6) is -1.13. The molecule has 0 radical (unpaired) electrons. The van der Waals surface area contributed by atoms with Gasteiger partial charge in [-0.25, -0.2) is 14.4 Å². The molecule has 2 rings (SSSR count). The highest BCUT2D eigenvalue weighted by atomic mass is 19.3. The fourth-order valence-electron chi connectivity index (χ4n) is 2.16. The van der Waals surface area contributed by atoms with Crippen molar-refractivity contribution in [1.29, 1.82) is 0 Å². The zero-order valence-electron chi connectivity index (χ0n) is 13.1. The zero-order valence-corrected chi connectivity index (χ0v) is 13.1. The number of nitrogens with two attached hydrogens (primary N) is 1. The molecular weight excluding hydrogens is 337 g/mol. The smallest absolute Gasteiger partial charge is 0.315 e. The highest BCUT2D eigenvalue weighted by molar-refractivity contribution is 5.79. The standard InChI is InChI=1S/C16H17F3N4O2/c17-5-12(23-16(25)15(18)19)14(24)10-3-1-9(2-4-10)11-7-21-13(6-20)22-8-11/h1-4,7-8,12,14-15,24H,5-6,20H2,(H,23,25). The first-order valence-corrected chi connectivity index (χ1v) is 7.40. The van der Waals surface area contributed by atoms with Crippen LogP contribution in [0.15, 0.2) is 36.7 Å². The van der Waals surface area contributed by atoms with E-state index in [1.807, 2.05) is 0 Å². The number of halogens is 3. The lowest BCUT2D eigenvalue weighted by Gasteiger charge is -2.21. The maximum atomic E-state index is 13.0. The predicted molar refractivity (Wildman–Crippen MR) is 84.2 cm³/mol. The minimum Gasteiger partial charge on any atom is -0.386 e. The van der Waals surface area contributed by atoms with Crippen molar-refractivity contribution in [3.05, 3.63) is 48.0 Å². The Bertz CT molecular complexity index is 696. The van der Waals surface area contributed by atoms with Gasteiger partial charge in [-0.2, -0.15) is 8.78 Å². The van der Waals surface area contributed by atoms with Crippen LogP contribution in [0, 0.1) is 0 Å². The van der Waals surface area contributed by atoms with Gasteiger partial charge in [-0.05, 0) is 11.1 Å². The van der Waals surface area contributed by atoms with E-state index in [9.17, 15) is 23.1 Å². The minimum absolute atomic E-state index is 0.223. The van der Waals surface area contributed by atoms with Crippen molar-refractivity contribution < 1.29 is 23.1 Å². The van der Waals surface area contributed by atoms with Crippen LogP contribution in [0.4, 0.5) is 13.2 Å². The van der Waals surface area contributed by atoms with E-state index in [-0.39, 0.29) is 12.1 Å². The molecule has 2 aromatic rings. The SMILES string of the molecule is NCc1ncc(-c2ccc(C(O)C(CF)NC(=O)C(F)F)cc2)cn1. The third-order valence-corrected chi connectivity index (χ3v) is 3.55. The summed E-state index contributed by atoms with van der Waals surface area (Å²) in [4.78, 5) is 19.1. The summed E-state index contributed by atoms with van der Waals surface area (Å²) in [6.07, 6.45) is -1.56. The van der Waals surface area contributed by atoms with Crippen LogP contribution in [0.2, 0.25) is 0 Å². The van der Waals surface area contributed by atoms with Crippen molar-refractivity contribution in [3.8, 4) is 11.1 Å². The second-order valence-electron chi connectivity index (χ2n) is 5.23. The molecule has 0 spiro atoms. The van der Waals surface area contributed by atoms with Gasteiger partial charge in [0.25, 0.3) is 5.91 Å². The second kappa shape index (κ2) is 8.54. The first kappa shape index (κ1) is 18.8. The van der Waals surface area contributed by atoms with Crippen molar-refractivity contribution in [2.24, 2.45) is 5.73 Å². The molecule has 1 amide bonds. The lowest BCUT2D eigenvalue weighted by Crippen LogP contribution is -2.43. The van der Waals surface area contributed by atoms with Crippen molar-refractivity contribution in [3.63, 3.8) is 0 Å². The summed E-state index contributed by atoms with van der Waals surface area (Å²) in [6.45, 7) is -0.962. The Labute approximate surface area is 141 Å². The van der Waals surface area contributed by atoms with E-state index in [2.05, 4.69) is 9.97 Å². The Morgan fingerprint density at radius 1 is 1.16 bits per heavy atom. The summed E-state index contributed by atoms with van der Waals surface area (Å²) in [7, 11) is 0. The van der Waals surface area contributed by atoms with E-state index in [0.29, 0.717) is 11.4 Å².